The molecule has 1 saturated heterocycles. The summed E-state index contributed by atoms with van der Waals surface area (Å²) in [5.74, 6) is 0.686. The van der Waals surface area contributed by atoms with Gasteiger partial charge in [-0.05, 0) is 37.8 Å². The predicted molar refractivity (Wildman–Crippen MR) is 121 cm³/mol. The summed E-state index contributed by atoms with van der Waals surface area (Å²) >= 11 is 0. The molecule has 12 heteroatoms. The Morgan fingerprint density at radius 2 is 1.83 bits per heavy atom. The number of hydrogen-bond acceptors (Lipinski definition) is 8. The van der Waals surface area contributed by atoms with Gasteiger partial charge >= 0.3 is 6.18 Å². The average molecular weight is 493 g/mol. The first-order valence-electron chi connectivity index (χ1n) is 11.7. The third-order valence-electron chi connectivity index (χ3n) is 6.44. The number of aromatic amines is 1. The number of fused-ring (bicyclic) bond motifs is 1. The molecule has 35 heavy (non-hydrogen) atoms. The van der Waals surface area contributed by atoms with Crippen LogP contribution in [0.5, 0.6) is 5.75 Å². The molecular formula is C23H27F3N6O3. The van der Waals surface area contributed by atoms with Crippen LogP contribution in [0.25, 0.3) is 11.0 Å². The van der Waals surface area contributed by atoms with Crippen molar-refractivity contribution in [1.29, 1.82) is 0 Å². The molecule has 1 aromatic carbocycles. The van der Waals surface area contributed by atoms with E-state index in [-0.39, 0.29) is 17.8 Å². The Balaban J connectivity index is 1.22. The predicted octanol–water partition coefficient (Wildman–Crippen LogP) is 3.18. The van der Waals surface area contributed by atoms with E-state index in [0.717, 1.165) is 43.2 Å². The van der Waals surface area contributed by atoms with Crippen molar-refractivity contribution in [2.24, 2.45) is 0 Å². The van der Waals surface area contributed by atoms with E-state index in [1.165, 1.54) is 0 Å². The fourth-order valence-electron chi connectivity index (χ4n) is 4.58. The fraction of sp³-hybridized carbons (Fsp3) is 0.522. The Labute approximate surface area is 199 Å². The van der Waals surface area contributed by atoms with E-state index in [9.17, 15) is 18.3 Å². The molecule has 1 aliphatic heterocycles. The fourth-order valence-corrected chi connectivity index (χ4v) is 4.58. The largest absolute Gasteiger partial charge is 0.488 e. The number of benzene rings is 1. The third-order valence-corrected chi connectivity index (χ3v) is 6.44. The Morgan fingerprint density at radius 1 is 1.09 bits per heavy atom. The van der Waals surface area contributed by atoms with Gasteiger partial charge in [-0.1, -0.05) is 0 Å². The van der Waals surface area contributed by atoms with Gasteiger partial charge in [-0.25, -0.2) is 4.98 Å². The van der Waals surface area contributed by atoms with Crippen molar-refractivity contribution in [3.63, 3.8) is 0 Å². The lowest BCUT2D eigenvalue weighted by Gasteiger charge is -2.32. The molecule has 2 aliphatic rings. The number of morpholine rings is 1. The maximum atomic E-state index is 12.8. The molecule has 1 unspecified atom stereocenters. The van der Waals surface area contributed by atoms with Gasteiger partial charge in [0.05, 0.1) is 30.5 Å². The molecule has 2 aromatic heterocycles. The summed E-state index contributed by atoms with van der Waals surface area (Å²) in [6.45, 7) is 2.94. The van der Waals surface area contributed by atoms with Crippen molar-refractivity contribution in [3.8, 4) is 5.75 Å². The summed E-state index contributed by atoms with van der Waals surface area (Å²) < 4.78 is 50.1. The summed E-state index contributed by atoms with van der Waals surface area (Å²) in [5.41, 5.74) is 1.43. The van der Waals surface area contributed by atoms with E-state index in [1.54, 1.807) is 12.4 Å². The molecule has 5 rings (SSSR count). The highest BCUT2D eigenvalue weighted by Crippen LogP contribution is 2.33. The van der Waals surface area contributed by atoms with Crippen LogP contribution in [-0.4, -0.2) is 63.7 Å². The highest BCUT2D eigenvalue weighted by Gasteiger charge is 2.35. The number of aliphatic hydroxyl groups excluding tert-OH is 1. The molecule has 1 atom stereocenters. The number of ether oxygens (including phenoxy) is 2. The minimum Gasteiger partial charge on any atom is -0.488 e. The molecule has 3 heterocycles. The zero-order chi connectivity index (χ0) is 24.4. The molecule has 3 N–H and O–H groups in total. The molecule has 3 aromatic rings. The number of aromatic nitrogens is 4. The van der Waals surface area contributed by atoms with Crippen LogP contribution in [0.15, 0.2) is 30.6 Å². The van der Waals surface area contributed by atoms with Crippen LogP contribution in [0.2, 0.25) is 0 Å². The van der Waals surface area contributed by atoms with Crippen LogP contribution in [0.3, 0.4) is 0 Å². The standard InChI is InChI=1S/C23H27F3N6O3/c24-23(25,26)20-13-18(30-31-20)22(33)29-14-1-3-16(4-2-14)35-19-12-15(32-7-9-34-10-8-32)11-17-21(19)28-6-5-27-17/h5-6,11-14,16,22,29,33H,1-4,7-10H2,(H,30,31)/t14-,16+,22?. The summed E-state index contributed by atoms with van der Waals surface area (Å²) in [7, 11) is 0. The van der Waals surface area contributed by atoms with Crippen molar-refractivity contribution in [2.75, 3.05) is 31.2 Å². The van der Waals surface area contributed by atoms with Gasteiger partial charge < -0.3 is 19.5 Å². The first-order valence-corrected chi connectivity index (χ1v) is 11.7. The number of H-pyrrole nitrogens is 1. The summed E-state index contributed by atoms with van der Waals surface area (Å²) in [5, 5.41) is 18.8. The zero-order valence-electron chi connectivity index (χ0n) is 19.0. The zero-order valence-corrected chi connectivity index (χ0v) is 19.0. The van der Waals surface area contributed by atoms with Crippen LogP contribution in [0.1, 0.15) is 43.3 Å². The number of anilines is 1. The molecule has 1 aliphatic carbocycles. The lowest BCUT2D eigenvalue weighted by Crippen LogP contribution is -2.38. The first-order chi connectivity index (χ1) is 16.9. The molecule has 0 amide bonds. The van der Waals surface area contributed by atoms with Gasteiger partial charge in [-0.15, -0.1) is 0 Å². The molecular weight excluding hydrogens is 465 g/mol. The quantitative estimate of drug-likeness (QED) is 0.451. The average Bonchev–Trinajstić information content (AvgIpc) is 3.37. The second kappa shape index (κ2) is 9.96. The van der Waals surface area contributed by atoms with E-state index >= 15 is 0 Å². The van der Waals surface area contributed by atoms with E-state index < -0.39 is 18.1 Å². The van der Waals surface area contributed by atoms with Crippen molar-refractivity contribution >= 4 is 16.7 Å². The topological polar surface area (TPSA) is 108 Å². The third kappa shape index (κ3) is 5.49. The van der Waals surface area contributed by atoms with Gasteiger partial charge in [0.1, 0.15) is 17.5 Å². The lowest BCUT2D eigenvalue weighted by atomic mass is 9.92. The molecule has 188 valence electrons. The van der Waals surface area contributed by atoms with E-state index in [0.29, 0.717) is 37.3 Å². The SMILES string of the molecule is OC(N[C@H]1CC[C@@H](Oc2cc(N3CCOCC3)cc3nccnc23)CC1)c1cc(C(F)(F)F)n[nH]1. The maximum Gasteiger partial charge on any atom is 0.435 e. The minimum absolute atomic E-state index is 0.0133. The van der Waals surface area contributed by atoms with Gasteiger partial charge in [0.25, 0.3) is 0 Å². The number of halogens is 3. The first kappa shape index (κ1) is 23.8. The Morgan fingerprint density at radius 3 is 2.54 bits per heavy atom. The summed E-state index contributed by atoms with van der Waals surface area (Å²) in [6, 6.07) is 4.79. The van der Waals surface area contributed by atoms with Gasteiger partial charge in [0.2, 0.25) is 0 Å². The van der Waals surface area contributed by atoms with Crippen LogP contribution in [-0.2, 0) is 10.9 Å². The molecule has 1 saturated carbocycles. The van der Waals surface area contributed by atoms with Crippen molar-refractivity contribution in [3.05, 3.63) is 42.0 Å². The number of nitrogens with zero attached hydrogens (tertiary/aromatic N) is 4. The molecule has 9 nitrogen and oxygen atoms in total. The van der Waals surface area contributed by atoms with Crippen LogP contribution >= 0.6 is 0 Å². The van der Waals surface area contributed by atoms with Gasteiger partial charge in [-0.3, -0.25) is 15.4 Å². The van der Waals surface area contributed by atoms with Crippen molar-refractivity contribution in [2.45, 2.75) is 50.2 Å². The highest BCUT2D eigenvalue weighted by molar-refractivity contribution is 5.85. The highest BCUT2D eigenvalue weighted by atomic mass is 19.4. The molecule has 2 fully saturated rings. The number of nitrogens with one attached hydrogen (secondary N) is 2. The minimum atomic E-state index is -4.56. The van der Waals surface area contributed by atoms with Crippen LogP contribution < -0.4 is 15.0 Å². The van der Waals surface area contributed by atoms with E-state index in [2.05, 4.69) is 30.4 Å². The molecule has 0 bridgehead atoms. The summed E-state index contributed by atoms with van der Waals surface area (Å²) in [6.07, 6.45) is 0.307. The molecule has 0 spiro atoms. The molecule has 0 radical (unpaired) electrons. The van der Waals surface area contributed by atoms with Crippen molar-refractivity contribution in [1.82, 2.24) is 25.5 Å². The number of aliphatic hydroxyl groups is 1. The second-order valence-electron chi connectivity index (χ2n) is 8.83. The second-order valence-corrected chi connectivity index (χ2v) is 8.83. The van der Waals surface area contributed by atoms with Crippen LogP contribution in [0.4, 0.5) is 18.9 Å². The Bertz CT molecular complexity index is 1140. The van der Waals surface area contributed by atoms with E-state index in [1.807, 2.05) is 12.1 Å². The maximum absolute atomic E-state index is 12.8. The smallest absolute Gasteiger partial charge is 0.435 e. The monoisotopic (exact) mass is 492 g/mol. The van der Waals surface area contributed by atoms with Gasteiger partial charge in [0.15, 0.2) is 5.69 Å². The van der Waals surface area contributed by atoms with Gasteiger partial charge in [0, 0.05) is 43.3 Å². The Kier molecular flexibility index (Phi) is 6.76. The van der Waals surface area contributed by atoms with E-state index in [4.69, 9.17) is 9.47 Å². The lowest BCUT2D eigenvalue weighted by molar-refractivity contribution is -0.141. The number of alkyl halides is 3. The number of rotatable bonds is 6. The Hall–Kier alpha value is -2.96. The van der Waals surface area contributed by atoms with Gasteiger partial charge in [-0.2, -0.15) is 18.3 Å². The normalized spacial score (nSPS) is 22.3. The number of hydrogen-bond donors (Lipinski definition) is 3. The summed E-state index contributed by atoms with van der Waals surface area (Å²) in [4.78, 5) is 11.2. The van der Waals surface area contributed by atoms with Crippen LogP contribution in [0, 0.1) is 0 Å². The van der Waals surface area contributed by atoms with Crippen molar-refractivity contribution < 1.29 is 27.8 Å².